The van der Waals surface area contributed by atoms with Gasteiger partial charge in [-0.3, -0.25) is 0 Å². The Hall–Kier alpha value is -0.640. The molecule has 1 saturated heterocycles. The minimum absolute atomic E-state index is 0.148. The van der Waals surface area contributed by atoms with Crippen molar-refractivity contribution in [3.8, 4) is 0 Å². The third-order valence-electron chi connectivity index (χ3n) is 3.03. The van der Waals surface area contributed by atoms with Gasteiger partial charge in [0, 0.05) is 23.6 Å². The molecular formula is C12H15ClFNO. The molecule has 0 aliphatic carbocycles. The molecule has 2 N–H and O–H groups in total. The quantitative estimate of drug-likeness (QED) is 0.866. The van der Waals surface area contributed by atoms with Crippen molar-refractivity contribution in [3.63, 3.8) is 0 Å². The van der Waals surface area contributed by atoms with Gasteiger partial charge in [-0.15, -0.1) is 0 Å². The highest BCUT2D eigenvalue weighted by Crippen LogP contribution is 2.24. The lowest BCUT2D eigenvalue weighted by molar-refractivity contribution is 0.0422. The van der Waals surface area contributed by atoms with Crippen LogP contribution in [0.1, 0.15) is 12.0 Å². The first-order valence-corrected chi connectivity index (χ1v) is 5.82. The minimum atomic E-state index is -0.307. The lowest BCUT2D eigenvalue weighted by atomic mass is 9.90. The summed E-state index contributed by atoms with van der Waals surface area (Å²) in [6.07, 6.45) is 1.63. The summed E-state index contributed by atoms with van der Waals surface area (Å²) in [5.41, 5.74) is 6.95. The van der Waals surface area contributed by atoms with Crippen LogP contribution in [-0.4, -0.2) is 19.3 Å². The zero-order valence-corrected chi connectivity index (χ0v) is 9.71. The average Bonchev–Trinajstić information content (AvgIpc) is 2.25. The monoisotopic (exact) mass is 243 g/mol. The third-order valence-corrected chi connectivity index (χ3v) is 3.38. The highest BCUT2D eigenvalue weighted by Gasteiger charge is 2.23. The van der Waals surface area contributed by atoms with Gasteiger partial charge < -0.3 is 10.5 Å². The fraction of sp³-hybridized carbons (Fsp3) is 0.500. The summed E-state index contributed by atoms with van der Waals surface area (Å²) >= 11 is 5.97. The topological polar surface area (TPSA) is 35.2 Å². The van der Waals surface area contributed by atoms with E-state index in [0.717, 1.165) is 25.0 Å². The van der Waals surface area contributed by atoms with Crippen LogP contribution in [-0.2, 0) is 11.2 Å². The Labute approximate surface area is 99.5 Å². The van der Waals surface area contributed by atoms with E-state index in [0.29, 0.717) is 11.6 Å². The van der Waals surface area contributed by atoms with Crippen molar-refractivity contribution in [2.45, 2.75) is 18.9 Å². The summed E-state index contributed by atoms with van der Waals surface area (Å²) in [5.74, 6) is -0.0327. The summed E-state index contributed by atoms with van der Waals surface area (Å²) in [6.45, 7) is 1.39. The number of nitrogens with two attached hydrogens (primary N) is 1. The van der Waals surface area contributed by atoms with E-state index in [4.69, 9.17) is 22.1 Å². The molecule has 2 unspecified atom stereocenters. The molecule has 1 aliphatic heterocycles. The van der Waals surface area contributed by atoms with Crippen molar-refractivity contribution in [2.75, 3.05) is 13.2 Å². The van der Waals surface area contributed by atoms with E-state index < -0.39 is 0 Å². The molecule has 1 aromatic carbocycles. The normalized spacial score (nSPS) is 25.7. The first-order chi connectivity index (χ1) is 7.66. The third kappa shape index (κ3) is 2.73. The van der Waals surface area contributed by atoms with Crippen molar-refractivity contribution < 1.29 is 9.13 Å². The van der Waals surface area contributed by atoms with E-state index >= 15 is 0 Å². The van der Waals surface area contributed by atoms with Gasteiger partial charge in [-0.05, 0) is 30.5 Å². The Balaban J connectivity index is 2.07. The number of rotatable bonds is 2. The molecule has 0 amide bonds. The molecule has 1 aliphatic rings. The Morgan fingerprint density at radius 3 is 3.00 bits per heavy atom. The molecular weight excluding hydrogens is 229 g/mol. The van der Waals surface area contributed by atoms with Crippen LogP contribution in [0, 0.1) is 11.7 Å². The van der Waals surface area contributed by atoms with Gasteiger partial charge in [0.1, 0.15) is 5.82 Å². The molecule has 1 fully saturated rings. The molecule has 4 heteroatoms. The number of benzene rings is 1. The predicted molar refractivity (Wildman–Crippen MR) is 62.0 cm³/mol. The van der Waals surface area contributed by atoms with Crippen LogP contribution >= 0.6 is 11.6 Å². The molecule has 0 bridgehead atoms. The van der Waals surface area contributed by atoms with E-state index in [1.807, 2.05) is 0 Å². The lowest BCUT2D eigenvalue weighted by Crippen LogP contribution is -2.39. The van der Waals surface area contributed by atoms with Gasteiger partial charge in [-0.25, -0.2) is 4.39 Å². The minimum Gasteiger partial charge on any atom is -0.381 e. The summed E-state index contributed by atoms with van der Waals surface area (Å²) < 4.78 is 18.3. The van der Waals surface area contributed by atoms with Crippen molar-refractivity contribution in [1.29, 1.82) is 0 Å². The maximum atomic E-state index is 12.9. The summed E-state index contributed by atoms with van der Waals surface area (Å²) in [5, 5.41) is 0.470. The molecule has 2 rings (SSSR count). The fourth-order valence-electron chi connectivity index (χ4n) is 1.99. The standard InChI is InChI=1S/C12H15ClFNO/c13-11-6-10(14)2-1-8(11)5-9-7-16-4-3-12(9)15/h1-2,6,9,12H,3-5,7,15H2. The molecule has 1 heterocycles. The van der Waals surface area contributed by atoms with Gasteiger partial charge in [-0.1, -0.05) is 17.7 Å². The zero-order chi connectivity index (χ0) is 11.5. The summed E-state index contributed by atoms with van der Waals surface area (Å²) in [4.78, 5) is 0. The molecule has 0 aromatic heterocycles. The summed E-state index contributed by atoms with van der Waals surface area (Å²) in [7, 11) is 0. The van der Waals surface area contributed by atoms with Crippen molar-refractivity contribution >= 4 is 11.6 Å². The molecule has 0 radical (unpaired) electrons. The van der Waals surface area contributed by atoms with Crippen LogP contribution in [0.15, 0.2) is 18.2 Å². The number of hydrogen-bond donors (Lipinski definition) is 1. The highest BCUT2D eigenvalue weighted by molar-refractivity contribution is 6.31. The molecule has 16 heavy (non-hydrogen) atoms. The second kappa shape index (κ2) is 5.13. The first kappa shape index (κ1) is 11.8. The van der Waals surface area contributed by atoms with Crippen molar-refractivity contribution in [1.82, 2.24) is 0 Å². The van der Waals surface area contributed by atoms with Crippen LogP contribution in [0.4, 0.5) is 4.39 Å². The van der Waals surface area contributed by atoms with Gasteiger partial charge in [-0.2, -0.15) is 0 Å². The van der Waals surface area contributed by atoms with Gasteiger partial charge in [0.15, 0.2) is 0 Å². The fourth-order valence-corrected chi connectivity index (χ4v) is 2.24. The average molecular weight is 244 g/mol. The second-order valence-electron chi connectivity index (χ2n) is 4.23. The predicted octanol–water partition coefficient (Wildman–Crippen LogP) is 2.39. The van der Waals surface area contributed by atoms with E-state index in [2.05, 4.69) is 0 Å². The van der Waals surface area contributed by atoms with Crippen LogP contribution < -0.4 is 5.73 Å². The Bertz CT molecular complexity index is 372. The lowest BCUT2D eigenvalue weighted by Gasteiger charge is -2.28. The molecule has 0 saturated carbocycles. The Morgan fingerprint density at radius 2 is 2.31 bits per heavy atom. The first-order valence-electron chi connectivity index (χ1n) is 5.44. The Kier molecular flexibility index (Phi) is 3.79. The van der Waals surface area contributed by atoms with Crippen LogP contribution in [0.3, 0.4) is 0 Å². The van der Waals surface area contributed by atoms with Gasteiger partial charge in [0.05, 0.1) is 6.61 Å². The van der Waals surface area contributed by atoms with Crippen molar-refractivity contribution in [3.05, 3.63) is 34.6 Å². The molecule has 0 spiro atoms. The second-order valence-corrected chi connectivity index (χ2v) is 4.63. The zero-order valence-electron chi connectivity index (χ0n) is 8.96. The SMILES string of the molecule is NC1CCOCC1Cc1ccc(F)cc1Cl. The van der Waals surface area contributed by atoms with Crippen LogP contribution in [0.25, 0.3) is 0 Å². The van der Waals surface area contributed by atoms with Crippen LogP contribution in [0.5, 0.6) is 0 Å². The van der Waals surface area contributed by atoms with E-state index in [1.54, 1.807) is 6.07 Å². The summed E-state index contributed by atoms with van der Waals surface area (Å²) in [6, 6.07) is 4.64. The van der Waals surface area contributed by atoms with Crippen LogP contribution in [0.2, 0.25) is 5.02 Å². The van der Waals surface area contributed by atoms with Gasteiger partial charge >= 0.3 is 0 Å². The molecule has 2 nitrogen and oxygen atoms in total. The molecule has 2 atom stereocenters. The van der Waals surface area contributed by atoms with Crippen molar-refractivity contribution in [2.24, 2.45) is 11.7 Å². The number of ether oxygens (including phenoxy) is 1. The van der Waals surface area contributed by atoms with E-state index in [9.17, 15) is 4.39 Å². The van der Waals surface area contributed by atoms with Gasteiger partial charge in [0.25, 0.3) is 0 Å². The van der Waals surface area contributed by atoms with E-state index in [-0.39, 0.29) is 17.8 Å². The number of halogens is 2. The number of hydrogen-bond acceptors (Lipinski definition) is 2. The van der Waals surface area contributed by atoms with E-state index in [1.165, 1.54) is 12.1 Å². The van der Waals surface area contributed by atoms with Gasteiger partial charge in [0.2, 0.25) is 0 Å². The largest absolute Gasteiger partial charge is 0.381 e. The highest BCUT2D eigenvalue weighted by atomic mass is 35.5. The molecule has 1 aromatic rings. The Morgan fingerprint density at radius 1 is 1.50 bits per heavy atom. The smallest absolute Gasteiger partial charge is 0.124 e. The molecule has 88 valence electrons. The maximum Gasteiger partial charge on any atom is 0.124 e. The maximum absolute atomic E-state index is 12.9.